The fourth-order valence-corrected chi connectivity index (χ4v) is 1.98. The Balaban J connectivity index is 3.78. The highest BCUT2D eigenvalue weighted by Crippen LogP contribution is 2.14. The van der Waals surface area contributed by atoms with E-state index >= 15 is 0 Å². The summed E-state index contributed by atoms with van der Waals surface area (Å²) in [6, 6.07) is 0. The first-order chi connectivity index (χ1) is 5.11. The molecule has 0 rings (SSSR count). The van der Waals surface area contributed by atoms with E-state index in [2.05, 4.69) is 25.7 Å². The second kappa shape index (κ2) is 5.61. The van der Waals surface area contributed by atoms with E-state index in [1.807, 2.05) is 0 Å². The number of carbonyl (C=O) groups is 1. The third-order valence-corrected chi connectivity index (χ3v) is 2.63. The molecule has 0 saturated heterocycles. The number of nitrogens with zero attached hydrogens (tertiary/aromatic N) is 1. The van der Waals surface area contributed by atoms with E-state index in [-0.39, 0.29) is 5.12 Å². The lowest BCUT2D eigenvalue weighted by Crippen LogP contribution is -2.30. The van der Waals surface area contributed by atoms with Crippen molar-refractivity contribution >= 4 is 16.9 Å². The van der Waals surface area contributed by atoms with Crippen molar-refractivity contribution in [3.8, 4) is 0 Å². The second-order valence-electron chi connectivity index (χ2n) is 2.43. The first kappa shape index (κ1) is 11.0. The van der Waals surface area contributed by atoms with Gasteiger partial charge >= 0.3 is 0 Å². The molecule has 0 fully saturated rings. The third kappa shape index (κ3) is 4.43. The summed E-state index contributed by atoms with van der Waals surface area (Å²) < 4.78 is 0. The molecule has 0 radical (unpaired) electrons. The zero-order valence-electron chi connectivity index (χ0n) is 7.76. The van der Waals surface area contributed by atoms with Gasteiger partial charge in [0.05, 0.1) is 5.37 Å². The molecular weight excluding hydrogens is 158 g/mol. The molecule has 1 atom stereocenters. The van der Waals surface area contributed by atoms with E-state index in [1.165, 1.54) is 11.8 Å². The number of rotatable bonds is 4. The Kier molecular flexibility index (Phi) is 5.60. The Labute approximate surface area is 73.3 Å². The van der Waals surface area contributed by atoms with Crippen LogP contribution in [0.25, 0.3) is 0 Å². The van der Waals surface area contributed by atoms with Gasteiger partial charge in [-0.2, -0.15) is 0 Å². The van der Waals surface area contributed by atoms with E-state index in [4.69, 9.17) is 0 Å². The van der Waals surface area contributed by atoms with Gasteiger partial charge in [-0.1, -0.05) is 25.6 Å². The van der Waals surface area contributed by atoms with Crippen LogP contribution in [0.5, 0.6) is 0 Å². The predicted molar refractivity (Wildman–Crippen MR) is 50.7 cm³/mol. The van der Waals surface area contributed by atoms with Crippen LogP contribution in [0.15, 0.2) is 0 Å². The van der Waals surface area contributed by atoms with E-state index in [0.717, 1.165) is 13.1 Å². The smallest absolute Gasteiger partial charge is 0.187 e. The maximum atomic E-state index is 10.7. The van der Waals surface area contributed by atoms with Crippen LogP contribution in [0, 0.1) is 0 Å². The van der Waals surface area contributed by atoms with Crippen molar-refractivity contribution < 1.29 is 4.79 Å². The number of thioether (sulfide) groups is 1. The average Bonchev–Trinajstić information content (AvgIpc) is 1.88. The van der Waals surface area contributed by atoms with E-state index in [0.29, 0.717) is 5.37 Å². The summed E-state index contributed by atoms with van der Waals surface area (Å²) in [7, 11) is 0. The van der Waals surface area contributed by atoms with Crippen LogP contribution in [0.1, 0.15) is 27.7 Å². The minimum Gasteiger partial charge on any atom is -0.292 e. The first-order valence-electron chi connectivity index (χ1n) is 4.03. The summed E-state index contributed by atoms with van der Waals surface area (Å²) in [4.78, 5) is 13.0. The van der Waals surface area contributed by atoms with Crippen LogP contribution in [0.3, 0.4) is 0 Å². The molecule has 0 aromatic carbocycles. The highest BCUT2D eigenvalue weighted by molar-refractivity contribution is 8.14. The summed E-state index contributed by atoms with van der Waals surface area (Å²) in [5.41, 5.74) is 0. The second-order valence-corrected chi connectivity index (χ2v) is 3.92. The molecule has 0 aromatic heterocycles. The summed E-state index contributed by atoms with van der Waals surface area (Å²) in [5, 5.41) is 0.520. The average molecular weight is 175 g/mol. The molecule has 0 bridgehead atoms. The lowest BCUT2D eigenvalue weighted by Gasteiger charge is -2.24. The van der Waals surface area contributed by atoms with E-state index in [9.17, 15) is 4.79 Å². The molecule has 0 amide bonds. The number of hydrogen-bond acceptors (Lipinski definition) is 3. The van der Waals surface area contributed by atoms with Gasteiger partial charge in [0.2, 0.25) is 0 Å². The fraction of sp³-hybridized carbons (Fsp3) is 0.875. The Hall–Kier alpha value is -0.0200. The van der Waals surface area contributed by atoms with Gasteiger partial charge in [0.25, 0.3) is 0 Å². The monoisotopic (exact) mass is 175 g/mol. The molecule has 66 valence electrons. The zero-order valence-corrected chi connectivity index (χ0v) is 8.57. The van der Waals surface area contributed by atoms with Crippen LogP contribution in [-0.2, 0) is 4.79 Å². The predicted octanol–water partition coefficient (Wildman–Crippen LogP) is 1.95. The van der Waals surface area contributed by atoms with Crippen molar-refractivity contribution in [2.75, 3.05) is 13.1 Å². The van der Waals surface area contributed by atoms with Crippen molar-refractivity contribution in [2.24, 2.45) is 0 Å². The van der Waals surface area contributed by atoms with E-state index < -0.39 is 0 Å². The highest BCUT2D eigenvalue weighted by atomic mass is 32.2. The molecule has 0 aliphatic carbocycles. The van der Waals surface area contributed by atoms with Crippen molar-refractivity contribution in [1.82, 2.24) is 4.90 Å². The molecule has 0 aromatic rings. The van der Waals surface area contributed by atoms with Gasteiger partial charge in [0.15, 0.2) is 5.12 Å². The van der Waals surface area contributed by atoms with Crippen molar-refractivity contribution in [3.63, 3.8) is 0 Å². The van der Waals surface area contributed by atoms with Gasteiger partial charge in [0, 0.05) is 6.92 Å². The first-order valence-corrected chi connectivity index (χ1v) is 4.91. The zero-order chi connectivity index (χ0) is 8.85. The largest absolute Gasteiger partial charge is 0.292 e. The molecule has 0 N–H and O–H groups in total. The topological polar surface area (TPSA) is 20.3 Å². The molecular formula is C8H17NOS. The summed E-state index contributed by atoms with van der Waals surface area (Å²) >= 11 is 1.40. The summed E-state index contributed by atoms with van der Waals surface area (Å²) in [6.45, 7) is 9.93. The Morgan fingerprint density at radius 3 is 2.18 bits per heavy atom. The SMILES string of the molecule is CCN(CC)C(C)SC(C)=O. The molecule has 0 heterocycles. The standard InChI is InChI=1S/C8H17NOS/c1-5-9(6-2)7(3)11-8(4)10/h7H,5-6H2,1-4H3. The van der Waals surface area contributed by atoms with Gasteiger partial charge in [-0.3, -0.25) is 9.69 Å². The van der Waals surface area contributed by atoms with Gasteiger partial charge < -0.3 is 0 Å². The normalized spacial score (nSPS) is 13.5. The third-order valence-electron chi connectivity index (χ3n) is 1.66. The van der Waals surface area contributed by atoms with Gasteiger partial charge in [-0.05, 0) is 20.0 Å². The van der Waals surface area contributed by atoms with Crippen LogP contribution >= 0.6 is 11.8 Å². The fourth-order valence-electron chi connectivity index (χ4n) is 1.05. The summed E-state index contributed by atoms with van der Waals surface area (Å²) in [5.74, 6) is 0. The Bertz CT molecular complexity index is 123. The molecule has 0 saturated carbocycles. The number of hydrogen-bond donors (Lipinski definition) is 0. The van der Waals surface area contributed by atoms with Crippen LogP contribution in [0.4, 0.5) is 0 Å². The van der Waals surface area contributed by atoms with Gasteiger partial charge in [-0.15, -0.1) is 0 Å². The van der Waals surface area contributed by atoms with Crippen LogP contribution in [-0.4, -0.2) is 28.5 Å². The van der Waals surface area contributed by atoms with E-state index in [1.54, 1.807) is 6.92 Å². The maximum Gasteiger partial charge on any atom is 0.187 e. The molecule has 3 heteroatoms. The maximum absolute atomic E-state index is 10.7. The van der Waals surface area contributed by atoms with Gasteiger partial charge in [-0.25, -0.2) is 0 Å². The lowest BCUT2D eigenvalue weighted by molar-refractivity contribution is -0.109. The van der Waals surface area contributed by atoms with Gasteiger partial charge in [0.1, 0.15) is 0 Å². The molecule has 2 nitrogen and oxygen atoms in total. The summed E-state index contributed by atoms with van der Waals surface area (Å²) in [6.07, 6.45) is 0. The van der Waals surface area contributed by atoms with Crippen LogP contribution in [0.2, 0.25) is 0 Å². The molecule has 0 aliphatic heterocycles. The minimum atomic E-state index is 0.199. The molecule has 0 spiro atoms. The van der Waals surface area contributed by atoms with Crippen LogP contribution < -0.4 is 0 Å². The number of carbonyl (C=O) groups excluding carboxylic acids is 1. The molecule has 0 aliphatic rings. The highest BCUT2D eigenvalue weighted by Gasteiger charge is 2.11. The quantitative estimate of drug-likeness (QED) is 0.609. The van der Waals surface area contributed by atoms with Crippen molar-refractivity contribution in [3.05, 3.63) is 0 Å². The lowest BCUT2D eigenvalue weighted by atomic mass is 10.5. The Morgan fingerprint density at radius 1 is 1.45 bits per heavy atom. The molecule has 11 heavy (non-hydrogen) atoms. The Morgan fingerprint density at radius 2 is 1.91 bits per heavy atom. The molecule has 1 unspecified atom stereocenters. The van der Waals surface area contributed by atoms with Crippen molar-refractivity contribution in [2.45, 2.75) is 33.1 Å². The minimum absolute atomic E-state index is 0.199. The van der Waals surface area contributed by atoms with Crippen molar-refractivity contribution in [1.29, 1.82) is 0 Å².